The number of nitrogen functional groups attached to an aromatic ring is 2. The molecule has 4 rings (SSSR count). The summed E-state index contributed by atoms with van der Waals surface area (Å²) in [6.07, 6.45) is -1.62. The normalized spacial score (nSPS) is 32.9. The molecule has 0 aliphatic carbocycles. The molecule has 2 aromatic rings. The molecule has 0 spiro atoms. The van der Waals surface area contributed by atoms with Crippen molar-refractivity contribution in [1.29, 1.82) is 0 Å². The first kappa shape index (κ1) is 19.1. The number of hydrogen-bond donors (Lipinski definition) is 2. The van der Waals surface area contributed by atoms with E-state index < -0.39 is 30.6 Å². The van der Waals surface area contributed by atoms with Gasteiger partial charge in [-0.25, -0.2) is 9.55 Å². The Labute approximate surface area is 163 Å². The molecule has 148 valence electrons. The van der Waals surface area contributed by atoms with Crippen LogP contribution in [0.2, 0.25) is 0 Å². The van der Waals surface area contributed by atoms with Crippen molar-refractivity contribution in [2.45, 2.75) is 42.7 Å². The summed E-state index contributed by atoms with van der Waals surface area (Å²) in [6, 6.07) is 0. The van der Waals surface area contributed by atoms with Crippen molar-refractivity contribution in [3.63, 3.8) is 0 Å². The second-order valence-corrected chi connectivity index (χ2v) is 9.43. The van der Waals surface area contributed by atoms with E-state index in [0.29, 0.717) is 5.52 Å². The lowest BCUT2D eigenvalue weighted by molar-refractivity contribution is -0.0733. The zero-order valence-corrected chi connectivity index (χ0v) is 16.7. The largest absolute Gasteiger partial charge is 0.475 e. The molecule has 0 aromatic carbocycles. The van der Waals surface area contributed by atoms with Crippen molar-refractivity contribution in [2.24, 2.45) is 0 Å². The number of alkyl halides is 2. The molecule has 2 aromatic heterocycles. The molecule has 0 bridgehead atoms. The van der Waals surface area contributed by atoms with Crippen LogP contribution < -0.4 is 11.5 Å². The van der Waals surface area contributed by atoms with E-state index in [9.17, 15) is 4.57 Å². The molecular formula is C13H17Cl2N6O5P. The number of imidazole rings is 1. The highest BCUT2D eigenvalue weighted by Crippen LogP contribution is 2.61. The summed E-state index contributed by atoms with van der Waals surface area (Å²) in [4.78, 5) is 12.2. The fourth-order valence-electron chi connectivity index (χ4n) is 3.01. The summed E-state index contributed by atoms with van der Waals surface area (Å²) in [7, 11) is -3.83. The molecule has 4 heterocycles. The van der Waals surface area contributed by atoms with Crippen LogP contribution in [0.15, 0.2) is 6.33 Å². The van der Waals surface area contributed by atoms with Gasteiger partial charge in [0, 0.05) is 0 Å². The maximum Gasteiger partial charge on any atom is 0.475 e. The Morgan fingerprint density at radius 3 is 2.85 bits per heavy atom. The van der Waals surface area contributed by atoms with E-state index in [0.717, 1.165) is 0 Å². The van der Waals surface area contributed by atoms with Crippen LogP contribution >= 0.6 is 31.0 Å². The van der Waals surface area contributed by atoms with Gasteiger partial charge in [-0.3, -0.25) is 18.1 Å². The average molecular weight is 439 g/mol. The van der Waals surface area contributed by atoms with Gasteiger partial charge in [-0.1, -0.05) is 23.2 Å². The molecule has 0 radical (unpaired) electrons. The summed E-state index contributed by atoms with van der Waals surface area (Å²) in [5.41, 5.74) is 12.1. The Kier molecular flexibility index (Phi) is 4.54. The number of phosphoric acid groups is 1. The fraction of sp³-hybridized carbons (Fsp3) is 0.615. The van der Waals surface area contributed by atoms with Crippen LogP contribution in [0.4, 0.5) is 11.8 Å². The fourth-order valence-corrected chi connectivity index (χ4v) is 5.41. The second-order valence-electron chi connectivity index (χ2n) is 6.42. The minimum absolute atomic E-state index is 0.0404. The highest BCUT2D eigenvalue weighted by molar-refractivity contribution is 7.48. The van der Waals surface area contributed by atoms with Gasteiger partial charge in [-0.2, -0.15) is 9.97 Å². The number of ether oxygens (including phenoxy) is 1. The van der Waals surface area contributed by atoms with Gasteiger partial charge in [0.15, 0.2) is 22.0 Å². The number of anilines is 2. The number of nitrogens with zero attached hydrogens (tertiary/aromatic N) is 4. The molecule has 27 heavy (non-hydrogen) atoms. The lowest BCUT2D eigenvalue weighted by Gasteiger charge is -2.33. The molecule has 2 aliphatic rings. The van der Waals surface area contributed by atoms with Crippen LogP contribution in [0.1, 0.15) is 20.1 Å². The third kappa shape index (κ3) is 3.17. The van der Waals surface area contributed by atoms with E-state index in [4.69, 9.17) is 53.0 Å². The van der Waals surface area contributed by atoms with Gasteiger partial charge in [0.2, 0.25) is 5.95 Å². The molecular weight excluding hydrogens is 422 g/mol. The summed E-state index contributed by atoms with van der Waals surface area (Å²) in [5, 5.41) is 0. The third-order valence-electron chi connectivity index (χ3n) is 4.05. The second kappa shape index (κ2) is 6.41. The highest BCUT2D eigenvalue weighted by Gasteiger charge is 2.62. The third-order valence-corrected chi connectivity index (χ3v) is 6.48. The first-order valence-electron chi connectivity index (χ1n) is 8.01. The summed E-state index contributed by atoms with van der Waals surface area (Å²) < 4.78 is 34.4. The van der Waals surface area contributed by atoms with Gasteiger partial charge in [-0.05, 0) is 13.8 Å². The van der Waals surface area contributed by atoms with Crippen LogP contribution in [0.5, 0.6) is 0 Å². The van der Waals surface area contributed by atoms with Gasteiger partial charge < -0.3 is 16.2 Å². The van der Waals surface area contributed by atoms with Crippen LogP contribution in [0, 0.1) is 0 Å². The van der Waals surface area contributed by atoms with Gasteiger partial charge in [0.1, 0.15) is 17.7 Å². The van der Waals surface area contributed by atoms with Crippen molar-refractivity contribution < 1.29 is 22.9 Å². The van der Waals surface area contributed by atoms with Gasteiger partial charge >= 0.3 is 7.82 Å². The van der Waals surface area contributed by atoms with Gasteiger partial charge in [0.25, 0.3) is 0 Å². The number of fused-ring (bicyclic) bond motifs is 2. The van der Waals surface area contributed by atoms with Crippen LogP contribution in [0.25, 0.3) is 11.2 Å². The highest BCUT2D eigenvalue weighted by atomic mass is 35.5. The van der Waals surface area contributed by atoms with Crippen molar-refractivity contribution >= 4 is 54.0 Å². The zero-order valence-electron chi connectivity index (χ0n) is 14.3. The minimum atomic E-state index is -3.83. The molecule has 14 heteroatoms. The number of rotatable bonds is 3. The van der Waals surface area contributed by atoms with E-state index in [1.165, 1.54) is 10.9 Å². The van der Waals surface area contributed by atoms with Crippen molar-refractivity contribution in [1.82, 2.24) is 19.5 Å². The van der Waals surface area contributed by atoms with Gasteiger partial charge in [-0.15, -0.1) is 0 Å². The van der Waals surface area contributed by atoms with Crippen molar-refractivity contribution in [3.8, 4) is 0 Å². The average Bonchev–Trinajstić information content (AvgIpc) is 3.05. The maximum atomic E-state index is 12.7. The Morgan fingerprint density at radius 2 is 2.15 bits per heavy atom. The first-order chi connectivity index (χ1) is 12.6. The predicted octanol–water partition coefficient (Wildman–Crippen LogP) is 2.01. The standard InChI is InChI=1S/C13H17Cl2N6O5P/c1-5(2)25-27(22)23-3-6-8(26-27)13(14,15)11(24-6)21-4-18-7-9(16)19-12(17)20-10(7)21/h4-6,8,11H,3H2,1-2H3,(H4,16,17,19,20)/t6-,8-,11-,27+/m1/s1. The Balaban J connectivity index is 1.70. The summed E-state index contributed by atoms with van der Waals surface area (Å²) >= 11 is 13.1. The molecule has 0 unspecified atom stereocenters. The minimum Gasteiger partial charge on any atom is -0.382 e. The predicted molar refractivity (Wildman–Crippen MR) is 97.1 cm³/mol. The number of halogens is 2. The molecule has 0 saturated carbocycles. The monoisotopic (exact) mass is 438 g/mol. The maximum absolute atomic E-state index is 12.7. The number of aromatic nitrogens is 4. The van der Waals surface area contributed by atoms with E-state index in [1.807, 2.05) is 0 Å². The first-order valence-corrected chi connectivity index (χ1v) is 10.2. The molecule has 2 aliphatic heterocycles. The molecule has 2 saturated heterocycles. The lowest BCUT2D eigenvalue weighted by Crippen LogP contribution is -2.42. The number of nitrogens with two attached hydrogens (primary N) is 2. The van der Waals surface area contributed by atoms with Gasteiger partial charge in [0.05, 0.1) is 19.0 Å². The smallest absolute Gasteiger partial charge is 0.382 e. The number of phosphoric ester groups is 1. The lowest BCUT2D eigenvalue weighted by atomic mass is 10.2. The van der Waals surface area contributed by atoms with Crippen molar-refractivity contribution in [3.05, 3.63) is 6.33 Å². The van der Waals surface area contributed by atoms with Crippen LogP contribution in [-0.2, 0) is 22.9 Å². The summed E-state index contributed by atoms with van der Waals surface area (Å²) in [6.45, 7) is 3.33. The molecule has 0 amide bonds. The van der Waals surface area contributed by atoms with E-state index in [1.54, 1.807) is 13.8 Å². The Hall–Kier alpha value is -1.20. The molecule has 4 atom stereocenters. The Morgan fingerprint density at radius 1 is 1.41 bits per heavy atom. The SMILES string of the molecule is CC(C)O[P@]1(=O)OC[C@H]2O[C@@H](n3cnc4c(N)nc(N)nc43)C(Cl)(Cl)[C@@H]2O1. The van der Waals surface area contributed by atoms with E-state index in [2.05, 4.69) is 15.0 Å². The summed E-state index contributed by atoms with van der Waals surface area (Å²) in [5.74, 6) is 0.0668. The van der Waals surface area contributed by atoms with E-state index >= 15 is 0 Å². The van der Waals surface area contributed by atoms with Crippen LogP contribution in [-0.4, -0.2) is 48.8 Å². The molecule has 11 nitrogen and oxygen atoms in total. The number of hydrogen-bond acceptors (Lipinski definition) is 10. The molecule has 2 fully saturated rings. The van der Waals surface area contributed by atoms with Crippen molar-refractivity contribution in [2.75, 3.05) is 18.1 Å². The zero-order chi connectivity index (χ0) is 19.6. The molecule has 4 N–H and O–H groups in total. The quantitative estimate of drug-likeness (QED) is 0.537. The van der Waals surface area contributed by atoms with Crippen LogP contribution in [0.3, 0.4) is 0 Å². The van der Waals surface area contributed by atoms with E-state index in [-0.39, 0.29) is 30.1 Å². The topological polar surface area (TPSA) is 150 Å². The Bertz CT molecular complexity index is 939.